The van der Waals surface area contributed by atoms with E-state index in [9.17, 15) is 0 Å². The van der Waals surface area contributed by atoms with Gasteiger partial charge in [0, 0.05) is 12.1 Å². The van der Waals surface area contributed by atoms with E-state index in [0.717, 1.165) is 5.82 Å². The molecule has 76 valence electrons. The average molecular weight is 193 g/mol. The van der Waals surface area contributed by atoms with Crippen LogP contribution in [0.3, 0.4) is 0 Å². The van der Waals surface area contributed by atoms with E-state index >= 15 is 0 Å². The maximum atomic E-state index is 5.24. The molecule has 0 aliphatic rings. The summed E-state index contributed by atoms with van der Waals surface area (Å²) in [4.78, 5) is 8.02. The van der Waals surface area contributed by atoms with E-state index in [-0.39, 0.29) is 6.04 Å². The van der Waals surface area contributed by atoms with Gasteiger partial charge in [-0.3, -0.25) is 0 Å². The van der Waals surface area contributed by atoms with Gasteiger partial charge in [-0.25, -0.2) is 9.97 Å². The normalized spacial score (nSPS) is 11.9. The second-order valence-electron chi connectivity index (χ2n) is 2.84. The van der Waals surface area contributed by atoms with E-state index in [1.807, 2.05) is 19.9 Å². The minimum Gasteiger partial charge on any atom is -0.478 e. The van der Waals surface area contributed by atoms with Crippen molar-refractivity contribution in [3.8, 4) is 5.88 Å². The molecule has 0 radical (unpaired) electrons. The molecular weight excluding hydrogens is 178 g/mol. The van der Waals surface area contributed by atoms with E-state index in [1.54, 1.807) is 6.07 Å². The van der Waals surface area contributed by atoms with Crippen LogP contribution in [0.1, 0.15) is 13.8 Å². The van der Waals surface area contributed by atoms with Gasteiger partial charge in [0.2, 0.25) is 5.88 Å². The minimum atomic E-state index is 0.180. The van der Waals surface area contributed by atoms with Crippen LogP contribution in [0.15, 0.2) is 25.0 Å². The third-order valence-electron chi connectivity index (χ3n) is 1.66. The van der Waals surface area contributed by atoms with Gasteiger partial charge >= 0.3 is 0 Å². The van der Waals surface area contributed by atoms with E-state index in [2.05, 4.69) is 21.9 Å². The highest BCUT2D eigenvalue weighted by atomic mass is 16.5. The lowest BCUT2D eigenvalue weighted by Gasteiger charge is -2.10. The van der Waals surface area contributed by atoms with Gasteiger partial charge in [-0.1, -0.05) is 6.08 Å². The maximum absolute atomic E-state index is 5.24. The Balaban J connectivity index is 2.67. The number of hydrogen-bond acceptors (Lipinski definition) is 4. The van der Waals surface area contributed by atoms with Crippen LogP contribution in [0.4, 0.5) is 5.82 Å². The van der Waals surface area contributed by atoms with E-state index in [4.69, 9.17) is 4.74 Å². The summed E-state index contributed by atoms with van der Waals surface area (Å²) in [6, 6.07) is 1.95. The first kappa shape index (κ1) is 10.5. The summed E-state index contributed by atoms with van der Waals surface area (Å²) in [5.74, 6) is 1.33. The van der Waals surface area contributed by atoms with Crippen LogP contribution in [0, 0.1) is 0 Å². The largest absolute Gasteiger partial charge is 0.478 e. The standard InChI is InChI=1S/C10H15N3O/c1-4-8(3)13-9-6-10(14-5-2)12-7-11-9/h4,6-8H,1,5H2,2-3H3,(H,11,12,13). The fraction of sp³-hybridized carbons (Fsp3) is 0.400. The van der Waals surface area contributed by atoms with Crippen LogP contribution < -0.4 is 10.1 Å². The summed E-state index contributed by atoms with van der Waals surface area (Å²) >= 11 is 0. The van der Waals surface area contributed by atoms with E-state index in [1.165, 1.54) is 6.33 Å². The number of anilines is 1. The molecule has 0 spiro atoms. The lowest BCUT2D eigenvalue weighted by Crippen LogP contribution is -2.12. The molecule has 4 nitrogen and oxygen atoms in total. The van der Waals surface area contributed by atoms with Gasteiger partial charge in [0.1, 0.15) is 12.1 Å². The zero-order valence-electron chi connectivity index (χ0n) is 8.53. The Bertz CT molecular complexity index is 301. The summed E-state index contributed by atoms with van der Waals surface area (Å²) in [7, 11) is 0. The number of hydrogen-bond donors (Lipinski definition) is 1. The third-order valence-corrected chi connectivity index (χ3v) is 1.66. The second kappa shape index (κ2) is 5.21. The van der Waals surface area contributed by atoms with Crippen molar-refractivity contribution in [1.29, 1.82) is 0 Å². The Morgan fingerprint density at radius 2 is 2.43 bits per heavy atom. The topological polar surface area (TPSA) is 47.0 Å². The Kier molecular flexibility index (Phi) is 3.91. The summed E-state index contributed by atoms with van der Waals surface area (Å²) in [6.07, 6.45) is 3.28. The lowest BCUT2D eigenvalue weighted by atomic mass is 10.3. The molecule has 0 aliphatic heterocycles. The fourth-order valence-electron chi connectivity index (χ4n) is 0.937. The maximum Gasteiger partial charge on any atom is 0.218 e. The van der Waals surface area contributed by atoms with Gasteiger partial charge in [0.05, 0.1) is 6.61 Å². The fourth-order valence-corrected chi connectivity index (χ4v) is 0.937. The third kappa shape index (κ3) is 3.05. The molecule has 1 N–H and O–H groups in total. The van der Waals surface area contributed by atoms with Crippen molar-refractivity contribution in [3.63, 3.8) is 0 Å². The molecule has 0 saturated carbocycles. The van der Waals surface area contributed by atoms with Crippen LogP contribution in [0.5, 0.6) is 5.88 Å². The predicted molar refractivity (Wildman–Crippen MR) is 56.5 cm³/mol. The van der Waals surface area contributed by atoms with Crippen LogP contribution in [0.2, 0.25) is 0 Å². The van der Waals surface area contributed by atoms with Crippen LogP contribution >= 0.6 is 0 Å². The Labute approximate surface area is 84.0 Å². The van der Waals surface area contributed by atoms with E-state index < -0.39 is 0 Å². The highest BCUT2D eigenvalue weighted by Crippen LogP contribution is 2.11. The van der Waals surface area contributed by atoms with Crippen molar-refractivity contribution in [2.24, 2.45) is 0 Å². The van der Waals surface area contributed by atoms with Crippen molar-refractivity contribution < 1.29 is 4.74 Å². The summed E-state index contributed by atoms with van der Waals surface area (Å²) < 4.78 is 5.24. The second-order valence-corrected chi connectivity index (χ2v) is 2.84. The summed E-state index contributed by atoms with van der Waals surface area (Å²) in [5.41, 5.74) is 0. The van der Waals surface area contributed by atoms with Crippen molar-refractivity contribution in [2.75, 3.05) is 11.9 Å². The molecule has 0 bridgehead atoms. The molecule has 1 rings (SSSR count). The average Bonchev–Trinajstić information content (AvgIpc) is 2.19. The quantitative estimate of drug-likeness (QED) is 0.725. The molecular formula is C10H15N3O. The monoisotopic (exact) mass is 193 g/mol. The van der Waals surface area contributed by atoms with Crippen LogP contribution in [-0.2, 0) is 0 Å². The first-order valence-corrected chi connectivity index (χ1v) is 4.60. The van der Waals surface area contributed by atoms with Crippen molar-refractivity contribution in [1.82, 2.24) is 9.97 Å². The molecule has 14 heavy (non-hydrogen) atoms. The van der Waals surface area contributed by atoms with Crippen LogP contribution in [-0.4, -0.2) is 22.6 Å². The van der Waals surface area contributed by atoms with Gasteiger partial charge in [0.15, 0.2) is 0 Å². The molecule has 0 saturated heterocycles. The number of ether oxygens (including phenoxy) is 1. The van der Waals surface area contributed by atoms with Gasteiger partial charge < -0.3 is 10.1 Å². The Hall–Kier alpha value is -1.58. The molecule has 0 aromatic carbocycles. The van der Waals surface area contributed by atoms with Crippen molar-refractivity contribution >= 4 is 5.82 Å². The molecule has 0 amide bonds. The Morgan fingerprint density at radius 3 is 3.07 bits per heavy atom. The van der Waals surface area contributed by atoms with Crippen LogP contribution in [0.25, 0.3) is 0 Å². The molecule has 0 aliphatic carbocycles. The summed E-state index contributed by atoms with van der Waals surface area (Å²) in [6.45, 7) is 8.20. The SMILES string of the molecule is C=CC(C)Nc1cc(OCC)ncn1. The molecule has 0 fully saturated rings. The number of rotatable bonds is 5. The zero-order chi connectivity index (χ0) is 10.4. The number of nitrogens with one attached hydrogen (secondary N) is 1. The van der Waals surface area contributed by atoms with E-state index in [0.29, 0.717) is 12.5 Å². The van der Waals surface area contributed by atoms with Crippen molar-refractivity contribution in [3.05, 3.63) is 25.0 Å². The lowest BCUT2D eigenvalue weighted by molar-refractivity contribution is 0.326. The minimum absolute atomic E-state index is 0.180. The predicted octanol–water partition coefficient (Wildman–Crippen LogP) is 1.86. The van der Waals surface area contributed by atoms with Crippen molar-refractivity contribution in [2.45, 2.75) is 19.9 Å². The molecule has 1 atom stereocenters. The molecule has 1 unspecified atom stereocenters. The zero-order valence-corrected chi connectivity index (χ0v) is 8.53. The smallest absolute Gasteiger partial charge is 0.218 e. The van der Waals surface area contributed by atoms with Gasteiger partial charge in [-0.15, -0.1) is 6.58 Å². The molecule has 1 aromatic rings. The van der Waals surface area contributed by atoms with Gasteiger partial charge in [0.25, 0.3) is 0 Å². The number of nitrogens with zero attached hydrogens (tertiary/aromatic N) is 2. The summed E-state index contributed by atoms with van der Waals surface area (Å²) in [5, 5.41) is 3.14. The highest BCUT2D eigenvalue weighted by Gasteiger charge is 2.00. The molecule has 1 heterocycles. The van der Waals surface area contributed by atoms with Gasteiger partial charge in [-0.05, 0) is 13.8 Å². The van der Waals surface area contributed by atoms with Gasteiger partial charge in [-0.2, -0.15) is 0 Å². The first-order valence-electron chi connectivity index (χ1n) is 4.60. The Morgan fingerprint density at radius 1 is 1.64 bits per heavy atom. The molecule has 4 heteroatoms. The number of aromatic nitrogens is 2. The highest BCUT2D eigenvalue weighted by molar-refractivity contribution is 5.38. The molecule has 1 aromatic heterocycles. The first-order chi connectivity index (χ1) is 6.76.